The van der Waals surface area contributed by atoms with E-state index in [1.165, 1.54) is 0 Å². The van der Waals surface area contributed by atoms with E-state index < -0.39 is 0 Å². The van der Waals surface area contributed by atoms with Gasteiger partial charge in [0.2, 0.25) is 11.9 Å². The van der Waals surface area contributed by atoms with Crippen molar-refractivity contribution in [3.8, 4) is 11.3 Å². The van der Waals surface area contributed by atoms with Crippen LogP contribution in [-0.2, 0) is 4.79 Å². The number of pyridine rings is 1. The fourth-order valence-electron chi connectivity index (χ4n) is 3.77. The van der Waals surface area contributed by atoms with Crippen LogP contribution in [0.2, 0.25) is 5.02 Å². The highest BCUT2D eigenvalue weighted by atomic mass is 35.5. The van der Waals surface area contributed by atoms with Crippen LogP contribution in [0, 0.1) is 0 Å². The van der Waals surface area contributed by atoms with Gasteiger partial charge in [-0.15, -0.1) is 0 Å². The van der Waals surface area contributed by atoms with Crippen molar-refractivity contribution >= 4 is 23.5 Å². The Labute approximate surface area is 168 Å². The second kappa shape index (κ2) is 7.91. The van der Waals surface area contributed by atoms with E-state index in [0.717, 1.165) is 44.1 Å². The average molecular weight is 402 g/mol. The summed E-state index contributed by atoms with van der Waals surface area (Å²) in [5.74, 6) is 0.557. The molecule has 0 bridgehead atoms. The van der Waals surface area contributed by atoms with Crippen LogP contribution >= 0.6 is 11.6 Å². The van der Waals surface area contributed by atoms with Crippen LogP contribution < -0.4 is 16.2 Å². The largest absolute Gasteiger partial charge is 0.354 e. The number of amides is 1. The van der Waals surface area contributed by atoms with Gasteiger partial charge < -0.3 is 15.2 Å². The summed E-state index contributed by atoms with van der Waals surface area (Å²) in [4.78, 5) is 32.2. The van der Waals surface area contributed by atoms with E-state index in [1.54, 1.807) is 29.8 Å². The lowest BCUT2D eigenvalue weighted by molar-refractivity contribution is -0.119. The molecule has 2 heterocycles. The van der Waals surface area contributed by atoms with Gasteiger partial charge in [-0.1, -0.05) is 11.6 Å². The van der Waals surface area contributed by atoms with Crippen molar-refractivity contribution in [3.05, 3.63) is 39.9 Å². The van der Waals surface area contributed by atoms with Crippen molar-refractivity contribution in [1.82, 2.24) is 19.9 Å². The zero-order valence-corrected chi connectivity index (χ0v) is 16.6. The van der Waals surface area contributed by atoms with Gasteiger partial charge in [-0.05, 0) is 44.6 Å². The highest BCUT2D eigenvalue weighted by Gasteiger charge is 2.25. The third kappa shape index (κ3) is 4.35. The molecule has 2 aromatic rings. The Balaban J connectivity index is 1.48. The Morgan fingerprint density at radius 1 is 1.14 bits per heavy atom. The molecule has 1 amide bonds. The molecule has 8 heteroatoms. The first-order valence-electron chi connectivity index (χ1n) is 9.78. The van der Waals surface area contributed by atoms with E-state index in [2.05, 4.69) is 20.6 Å². The zero-order valence-electron chi connectivity index (χ0n) is 15.8. The van der Waals surface area contributed by atoms with Gasteiger partial charge in [-0.3, -0.25) is 9.59 Å². The summed E-state index contributed by atoms with van der Waals surface area (Å²) >= 11 is 6.35. The molecule has 4 rings (SSSR count). The molecule has 0 aromatic carbocycles. The Bertz CT molecular complexity index is 932. The summed E-state index contributed by atoms with van der Waals surface area (Å²) in [5, 5.41) is 6.84. The minimum absolute atomic E-state index is 0.00528. The van der Waals surface area contributed by atoms with E-state index in [1.807, 2.05) is 6.20 Å². The minimum atomic E-state index is 0.00528. The molecule has 0 saturated heterocycles. The predicted octanol–water partition coefficient (Wildman–Crippen LogP) is 3.15. The Hall–Kier alpha value is -2.41. The fourth-order valence-corrected chi connectivity index (χ4v) is 3.97. The number of nitrogens with one attached hydrogen (secondary N) is 2. The predicted molar refractivity (Wildman–Crippen MR) is 108 cm³/mol. The maximum atomic E-state index is 12.1. The van der Waals surface area contributed by atoms with Gasteiger partial charge >= 0.3 is 0 Å². The average Bonchev–Trinajstić information content (AvgIpc) is 3.50. The molecule has 2 saturated carbocycles. The third-order valence-corrected chi connectivity index (χ3v) is 5.64. The fraction of sp³-hybridized carbons (Fsp3) is 0.500. The number of rotatable bonds is 5. The summed E-state index contributed by atoms with van der Waals surface area (Å²) in [6, 6.07) is 4.14. The van der Waals surface area contributed by atoms with Crippen molar-refractivity contribution in [2.75, 3.05) is 5.32 Å². The summed E-state index contributed by atoms with van der Waals surface area (Å²) in [6.07, 6.45) is 9.27. The lowest BCUT2D eigenvalue weighted by Gasteiger charge is -2.29. The van der Waals surface area contributed by atoms with Crippen molar-refractivity contribution in [1.29, 1.82) is 0 Å². The van der Waals surface area contributed by atoms with Crippen LogP contribution in [0.4, 0.5) is 5.95 Å². The Morgan fingerprint density at radius 2 is 1.86 bits per heavy atom. The smallest absolute Gasteiger partial charge is 0.250 e. The number of anilines is 1. The highest BCUT2D eigenvalue weighted by Crippen LogP contribution is 2.35. The SMILES string of the molecule is CC(=O)NC1CCC(Nc2ncc(Cl)c(-c3ccc(=O)n(C4CC4)c3)n2)CC1. The number of halogens is 1. The van der Waals surface area contributed by atoms with Crippen LogP contribution in [0.5, 0.6) is 0 Å². The van der Waals surface area contributed by atoms with E-state index in [0.29, 0.717) is 22.7 Å². The van der Waals surface area contributed by atoms with Crippen molar-refractivity contribution in [3.63, 3.8) is 0 Å². The van der Waals surface area contributed by atoms with Gasteiger partial charge in [-0.2, -0.15) is 0 Å². The standard InChI is InChI=1S/C20H24ClN5O2/c1-12(27)23-14-3-5-15(6-4-14)24-20-22-10-17(21)19(25-20)13-2-9-18(28)26(11-13)16-7-8-16/h2,9-11,14-16H,3-8H2,1H3,(H,23,27)(H,22,24,25). The quantitative estimate of drug-likeness (QED) is 0.803. The number of nitrogens with zero attached hydrogens (tertiary/aromatic N) is 3. The molecule has 148 valence electrons. The maximum absolute atomic E-state index is 12.1. The molecule has 0 unspecified atom stereocenters. The van der Waals surface area contributed by atoms with Crippen LogP contribution in [0.1, 0.15) is 51.5 Å². The summed E-state index contributed by atoms with van der Waals surface area (Å²) < 4.78 is 1.77. The molecule has 2 aliphatic rings. The van der Waals surface area contributed by atoms with Gasteiger partial charge in [0.25, 0.3) is 5.56 Å². The molecule has 28 heavy (non-hydrogen) atoms. The van der Waals surface area contributed by atoms with Crippen molar-refractivity contribution < 1.29 is 4.79 Å². The van der Waals surface area contributed by atoms with E-state index in [-0.39, 0.29) is 23.6 Å². The maximum Gasteiger partial charge on any atom is 0.250 e. The first-order valence-corrected chi connectivity index (χ1v) is 10.2. The number of hydrogen-bond donors (Lipinski definition) is 2. The minimum Gasteiger partial charge on any atom is -0.354 e. The molecule has 2 N–H and O–H groups in total. The van der Waals surface area contributed by atoms with Gasteiger partial charge in [-0.25, -0.2) is 9.97 Å². The monoisotopic (exact) mass is 401 g/mol. The first-order chi connectivity index (χ1) is 13.5. The molecule has 0 atom stereocenters. The van der Waals surface area contributed by atoms with Crippen LogP contribution in [0.15, 0.2) is 29.3 Å². The van der Waals surface area contributed by atoms with E-state index >= 15 is 0 Å². The molecule has 2 aliphatic carbocycles. The molecule has 0 radical (unpaired) electrons. The molecule has 2 fully saturated rings. The summed E-state index contributed by atoms with van der Waals surface area (Å²) in [5.41, 5.74) is 1.45. The van der Waals surface area contributed by atoms with Crippen LogP contribution in [0.25, 0.3) is 11.3 Å². The molecule has 0 spiro atoms. The zero-order chi connectivity index (χ0) is 19.7. The van der Waals surface area contributed by atoms with E-state index in [4.69, 9.17) is 11.6 Å². The van der Waals surface area contributed by atoms with Crippen LogP contribution in [0.3, 0.4) is 0 Å². The molecular formula is C20H24ClN5O2. The van der Waals surface area contributed by atoms with Crippen molar-refractivity contribution in [2.45, 2.75) is 63.6 Å². The molecule has 2 aromatic heterocycles. The number of carbonyl (C=O) groups is 1. The van der Waals surface area contributed by atoms with Gasteiger partial charge in [0.1, 0.15) is 0 Å². The Morgan fingerprint density at radius 3 is 2.54 bits per heavy atom. The lowest BCUT2D eigenvalue weighted by atomic mass is 9.91. The number of carbonyl (C=O) groups excluding carboxylic acids is 1. The van der Waals surface area contributed by atoms with Gasteiger partial charge in [0.05, 0.1) is 16.9 Å². The first kappa shape index (κ1) is 18.9. The molecular weight excluding hydrogens is 378 g/mol. The third-order valence-electron chi connectivity index (χ3n) is 5.36. The molecule has 0 aliphatic heterocycles. The normalized spacial score (nSPS) is 21.9. The Kier molecular flexibility index (Phi) is 5.35. The number of aromatic nitrogens is 3. The van der Waals surface area contributed by atoms with Crippen LogP contribution in [-0.4, -0.2) is 32.5 Å². The van der Waals surface area contributed by atoms with E-state index in [9.17, 15) is 9.59 Å². The second-order valence-corrected chi connectivity index (χ2v) is 8.09. The van der Waals surface area contributed by atoms with Crippen molar-refractivity contribution in [2.24, 2.45) is 0 Å². The second-order valence-electron chi connectivity index (χ2n) is 7.68. The summed E-state index contributed by atoms with van der Waals surface area (Å²) in [6.45, 7) is 1.56. The van der Waals surface area contributed by atoms with Gasteiger partial charge in [0, 0.05) is 42.9 Å². The topological polar surface area (TPSA) is 88.9 Å². The highest BCUT2D eigenvalue weighted by molar-refractivity contribution is 6.32. The molecule has 7 nitrogen and oxygen atoms in total. The number of hydrogen-bond acceptors (Lipinski definition) is 5. The summed E-state index contributed by atoms with van der Waals surface area (Å²) in [7, 11) is 0. The lowest BCUT2D eigenvalue weighted by Crippen LogP contribution is -2.39. The van der Waals surface area contributed by atoms with Gasteiger partial charge in [0.15, 0.2) is 0 Å².